The molecule has 0 aromatic heterocycles. The highest BCUT2D eigenvalue weighted by Gasteiger charge is 2.30. The highest BCUT2D eigenvalue weighted by atomic mass is 31.2. The maximum Gasteiger partial charge on any atom is 0.472 e. The number of ether oxygens (including phenoxy) is 4. The van der Waals surface area contributed by atoms with E-state index in [4.69, 9.17) is 37.0 Å². The van der Waals surface area contributed by atoms with Crippen LogP contribution in [-0.2, 0) is 65.4 Å². The number of carbonyl (C=O) groups is 4. The van der Waals surface area contributed by atoms with Crippen LogP contribution in [0.5, 0.6) is 0 Å². The summed E-state index contributed by atoms with van der Waals surface area (Å²) < 4.78 is 68.6. The van der Waals surface area contributed by atoms with Crippen LogP contribution < -0.4 is 0 Å². The lowest BCUT2D eigenvalue weighted by Crippen LogP contribution is -2.30. The fourth-order valence-corrected chi connectivity index (χ4v) is 12.5. The van der Waals surface area contributed by atoms with Gasteiger partial charge in [0.15, 0.2) is 12.2 Å². The molecule has 0 bridgehead atoms. The second-order valence-electron chi connectivity index (χ2n) is 27.0. The molecule has 582 valence electrons. The minimum atomic E-state index is -4.98. The summed E-state index contributed by atoms with van der Waals surface area (Å²) >= 11 is 0. The average molecular weight is 1450 g/mol. The van der Waals surface area contributed by atoms with Crippen molar-refractivity contribution in [3.8, 4) is 0 Å². The number of unbranched alkanes of at least 4 members (excludes halogenated alkanes) is 38. The second-order valence-corrected chi connectivity index (χ2v) is 29.9. The van der Waals surface area contributed by atoms with Crippen LogP contribution in [0.4, 0.5) is 0 Å². The topological polar surface area (TPSA) is 237 Å². The van der Waals surface area contributed by atoms with Gasteiger partial charge in [-0.3, -0.25) is 37.3 Å². The van der Waals surface area contributed by atoms with Gasteiger partial charge in [0.2, 0.25) is 0 Å². The van der Waals surface area contributed by atoms with Crippen LogP contribution >= 0.6 is 15.6 Å². The van der Waals surface area contributed by atoms with Crippen molar-refractivity contribution in [2.45, 2.75) is 380 Å². The fourth-order valence-electron chi connectivity index (χ4n) is 10.9. The van der Waals surface area contributed by atoms with E-state index in [1.165, 1.54) is 116 Å². The Kier molecular flexibility index (Phi) is 71.2. The minimum Gasteiger partial charge on any atom is -0.462 e. The Hall–Kier alpha value is -3.50. The number of phosphoric acid groups is 2. The molecule has 0 spiro atoms. The molecule has 17 nitrogen and oxygen atoms in total. The Morgan fingerprint density at radius 3 is 0.770 bits per heavy atom. The van der Waals surface area contributed by atoms with Crippen LogP contribution in [0, 0.1) is 0 Å². The molecule has 0 aliphatic rings. The SMILES string of the molecule is CCCCC/C=C\C/C=C\CCCCCCCC(=O)OC[C@H](COP(=O)(O)OC[C@H](O)COP(=O)(O)OC[C@@H](COC(=O)CCCCCCC/C=C\CCCCCCCC)OC(=O)CCCCCCC/C=C\C/C=C\CCCCC)OC(=O)CCCCCCC/C=C\CCCCCCCC. The first-order valence-electron chi connectivity index (χ1n) is 40.2. The number of esters is 4. The summed E-state index contributed by atoms with van der Waals surface area (Å²) in [6.07, 6.45) is 74.4. The van der Waals surface area contributed by atoms with E-state index in [-0.39, 0.29) is 25.7 Å². The highest BCUT2D eigenvalue weighted by Crippen LogP contribution is 2.45. The molecule has 0 aliphatic heterocycles. The zero-order valence-electron chi connectivity index (χ0n) is 63.6. The number of aliphatic hydroxyl groups is 1. The van der Waals surface area contributed by atoms with Gasteiger partial charge in [-0.2, -0.15) is 0 Å². The molecule has 0 saturated carbocycles. The molecular formula is C81H146O17P2. The Labute approximate surface area is 609 Å². The van der Waals surface area contributed by atoms with E-state index in [0.29, 0.717) is 25.7 Å². The second kappa shape index (κ2) is 73.8. The molecule has 0 aliphatic carbocycles. The number of hydrogen-bond acceptors (Lipinski definition) is 15. The Morgan fingerprint density at radius 2 is 0.490 bits per heavy atom. The number of rotatable bonds is 76. The van der Waals surface area contributed by atoms with Crippen LogP contribution in [0.2, 0.25) is 0 Å². The van der Waals surface area contributed by atoms with E-state index in [0.717, 1.165) is 167 Å². The first-order valence-corrected chi connectivity index (χ1v) is 43.2. The maximum atomic E-state index is 13.1. The molecule has 100 heavy (non-hydrogen) atoms. The summed E-state index contributed by atoms with van der Waals surface area (Å²) in [4.78, 5) is 73.0. The van der Waals surface area contributed by atoms with Crippen LogP contribution in [0.15, 0.2) is 72.9 Å². The van der Waals surface area contributed by atoms with E-state index in [1.54, 1.807) is 0 Å². The van der Waals surface area contributed by atoms with Crippen molar-refractivity contribution in [2.75, 3.05) is 39.6 Å². The Morgan fingerprint density at radius 1 is 0.280 bits per heavy atom. The summed E-state index contributed by atoms with van der Waals surface area (Å²) in [5.74, 6) is -2.20. The lowest BCUT2D eigenvalue weighted by atomic mass is 10.1. The van der Waals surface area contributed by atoms with Gasteiger partial charge in [0.1, 0.15) is 19.3 Å². The first kappa shape index (κ1) is 96.5. The van der Waals surface area contributed by atoms with Crippen molar-refractivity contribution in [2.24, 2.45) is 0 Å². The Bertz CT molecular complexity index is 2180. The van der Waals surface area contributed by atoms with Crippen molar-refractivity contribution in [3.63, 3.8) is 0 Å². The molecular weight excluding hydrogens is 1310 g/mol. The molecule has 3 N–H and O–H groups in total. The van der Waals surface area contributed by atoms with Gasteiger partial charge in [-0.15, -0.1) is 0 Å². The van der Waals surface area contributed by atoms with E-state index in [1.807, 2.05) is 0 Å². The number of aliphatic hydroxyl groups excluding tert-OH is 1. The lowest BCUT2D eigenvalue weighted by molar-refractivity contribution is -0.161. The monoisotopic (exact) mass is 1450 g/mol. The summed E-state index contributed by atoms with van der Waals surface area (Å²) in [5.41, 5.74) is 0. The van der Waals surface area contributed by atoms with Crippen molar-refractivity contribution in [1.29, 1.82) is 0 Å². The predicted octanol–water partition coefficient (Wildman–Crippen LogP) is 23.2. The van der Waals surface area contributed by atoms with Gasteiger partial charge in [0.25, 0.3) is 0 Å². The molecule has 0 aromatic rings. The van der Waals surface area contributed by atoms with Gasteiger partial charge < -0.3 is 33.8 Å². The van der Waals surface area contributed by atoms with Gasteiger partial charge >= 0.3 is 39.5 Å². The molecule has 2 unspecified atom stereocenters. The molecule has 0 rings (SSSR count). The Balaban J connectivity index is 5.37. The quantitative estimate of drug-likeness (QED) is 0.0169. The van der Waals surface area contributed by atoms with Gasteiger partial charge in [0.05, 0.1) is 26.4 Å². The summed E-state index contributed by atoms with van der Waals surface area (Å²) in [6, 6.07) is 0. The summed E-state index contributed by atoms with van der Waals surface area (Å²) in [5, 5.41) is 10.6. The fraction of sp³-hybridized carbons (Fsp3) is 0.802. The standard InChI is InChI=1S/C81H146O17P2/c1-5-9-13-17-21-25-29-33-37-41-45-49-53-57-61-65-78(83)91-71-76(97-80(85)67-63-59-55-51-47-43-39-35-31-27-23-19-15-11-7-3)73-95-99(87,88)93-69-75(82)70-94-100(89,90)96-74-77(98-81(86)68-64-60-56-52-48-44-40-36-32-28-24-20-16-12-8-4)72-92-79(84)66-62-58-54-50-46-42-38-34-30-26-22-18-14-10-6-2/h21,24-25,28,33-40,75-77,82H,5-20,22-23,26-27,29-32,41-74H2,1-4H3,(H,87,88)(H,89,90)/b25-21-,28-24-,37-33-,38-34-,39-35-,40-36-/t75-,76+,77+/m0/s1. The zero-order chi connectivity index (χ0) is 73.2. The third-order valence-electron chi connectivity index (χ3n) is 17.1. The number of carbonyl (C=O) groups excluding carboxylic acids is 4. The van der Waals surface area contributed by atoms with Gasteiger partial charge in [-0.05, 0) is 141 Å². The van der Waals surface area contributed by atoms with Crippen molar-refractivity contribution in [1.82, 2.24) is 0 Å². The van der Waals surface area contributed by atoms with Gasteiger partial charge in [0, 0.05) is 25.7 Å². The van der Waals surface area contributed by atoms with Crippen molar-refractivity contribution in [3.05, 3.63) is 72.9 Å². The van der Waals surface area contributed by atoms with E-state index >= 15 is 0 Å². The van der Waals surface area contributed by atoms with Gasteiger partial charge in [-0.1, -0.05) is 268 Å². The highest BCUT2D eigenvalue weighted by molar-refractivity contribution is 7.47. The van der Waals surface area contributed by atoms with Crippen LogP contribution in [0.25, 0.3) is 0 Å². The van der Waals surface area contributed by atoms with Gasteiger partial charge in [-0.25, -0.2) is 9.13 Å². The molecule has 0 heterocycles. The van der Waals surface area contributed by atoms with E-state index in [9.17, 15) is 43.2 Å². The summed E-state index contributed by atoms with van der Waals surface area (Å²) in [6.45, 7) is 4.82. The smallest absolute Gasteiger partial charge is 0.462 e. The lowest BCUT2D eigenvalue weighted by Gasteiger charge is -2.21. The van der Waals surface area contributed by atoms with Crippen LogP contribution in [-0.4, -0.2) is 96.7 Å². The maximum absolute atomic E-state index is 13.1. The molecule has 5 atom stereocenters. The summed E-state index contributed by atoms with van der Waals surface area (Å²) in [7, 11) is -9.96. The van der Waals surface area contributed by atoms with E-state index in [2.05, 4.69) is 101 Å². The molecule has 0 radical (unpaired) electrons. The molecule has 19 heteroatoms. The number of hydrogen-bond donors (Lipinski definition) is 3. The predicted molar refractivity (Wildman–Crippen MR) is 409 cm³/mol. The van der Waals surface area contributed by atoms with Crippen molar-refractivity contribution < 1.29 is 80.2 Å². The third kappa shape index (κ3) is 72.8. The molecule has 0 aromatic carbocycles. The zero-order valence-corrected chi connectivity index (χ0v) is 65.4. The average Bonchev–Trinajstić information content (AvgIpc) is 1.01. The third-order valence-corrected chi connectivity index (χ3v) is 19.0. The van der Waals surface area contributed by atoms with E-state index < -0.39 is 97.5 Å². The number of allylic oxidation sites excluding steroid dienone is 12. The normalized spacial score (nSPS) is 14.3. The van der Waals surface area contributed by atoms with Crippen LogP contribution in [0.1, 0.15) is 362 Å². The first-order chi connectivity index (χ1) is 48.7. The van der Waals surface area contributed by atoms with Crippen molar-refractivity contribution >= 4 is 39.5 Å². The molecule has 0 amide bonds. The number of phosphoric ester groups is 2. The molecule has 0 fully saturated rings. The minimum absolute atomic E-state index is 0.0797. The largest absolute Gasteiger partial charge is 0.472 e. The molecule has 0 saturated heterocycles. The van der Waals surface area contributed by atoms with Crippen LogP contribution in [0.3, 0.4) is 0 Å².